The Balaban J connectivity index is 2.52. The second-order valence-corrected chi connectivity index (χ2v) is 5.91. The Hall–Kier alpha value is -1.92. The molecule has 0 aromatic heterocycles. The Bertz CT molecular complexity index is 509. The Kier molecular flexibility index (Phi) is 10.6. The zero-order valence-corrected chi connectivity index (χ0v) is 16.5. The summed E-state index contributed by atoms with van der Waals surface area (Å²) in [5.74, 6) is -0.843. The normalized spacial score (nSPS) is 11.0. The largest absolute Gasteiger partial charge is 0.461 e. The van der Waals surface area contributed by atoms with Gasteiger partial charge < -0.3 is 19.3 Å². The number of nitrogens with zero attached hydrogens (tertiary/aromatic N) is 2. The van der Waals surface area contributed by atoms with Crippen LogP contribution in [-0.4, -0.2) is 74.2 Å². The van der Waals surface area contributed by atoms with Gasteiger partial charge in [-0.3, -0.25) is 0 Å². The molecule has 1 rings (SSSR count). The lowest BCUT2D eigenvalue weighted by molar-refractivity contribution is 0.0464. The van der Waals surface area contributed by atoms with Crippen LogP contribution >= 0.6 is 0 Å². The van der Waals surface area contributed by atoms with Gasteiger partial charge >= 0.3 is 11.9 Å². The van der Waals surface area contributed by atoms with E-state index in [9.17, 15) is 9.59 Å². The van der Waals surface area contributed by atoms with Gasteiger partial charge in [0.15, 0.2) is 0 Å². The first-order valence-electron chi connectivity index (χ1n) is 9.44. The Labute approximate surface area is 157 Å². The van der Waals surface area contributed by atoms with Gasteiger partial charge in [-0.05, 0) is 44.4 Å². The van der Waals surface area contributed by atoms with Gasteiger partial charge in [-0.15, -0.1) is 0 Å². The van der Waals surface area contributed by atoms with E-state index in [1.807, 2.05) is 0 Å². The van der Waals surface area contributed by atoms with Crippen molar-refractivity contribution in [2.24, 2.45) is 0 Å². The van der Waals surface area contributed by atoms with Crippen LogP contribution < -0.4 is 0 Å². The lowest BCUT2D eigenvalue weighted by atomic mass is 10.1. The van der Waals surface area contributed by atoms with Crippen LogP contribution in [-0.2, 0) is 9.47 Å². The van der Waals surface area contributed by atoms with E-state index in [0.29, 0.717) is 37.4 Å². The van der Waals surface area contributed by atoms with E-state index in [4.69, 9.17) is 9.47 Å². The minimum atomic E-state index is -0.421. The third kappa shape index (κ3) is 7.54. The van der Waals surface area contributed by atoms with E-state index in [2.05, 4.69) is 37.5 Å². The third-order valence-electron chi connectivity index (χ3n) is 4.40. The molecule has 0 saturated carbocycles. The highest BCUT2D eigenvalue weighted by molar-refractivity contribution is 5.95. The van der Waals surface area contributed by atoms with Gasteiger partial charge in [0.1, 0.15) is 13.2 Å². The van der Waals surface area contributed by atoms with E-state index < -0.39 is 11.9 Å². The molecule has 0 fully saturated rings. The van der Waals surface area contributed by atoms with E-state index in [-0.39, 0.29) is 0 Å². The highest BCUT2D eigenvalue weighted by Crippen LogP contribution is 2.09. The summed E-state index contributed by atoms with van der Waals surface area (Å²) in [5, 5.41) is 0. The van der Waals surface area contributed by atoms with Crippen LogP contribution in [0.1, 0.15) is 48.4 Å². The zero-order valence-electron chi connectivity index (χ0n) is 16.5. The predicted octanol–water partition coefficient (Wildman–Crippen LogP) is 2.68. The molecule has 1 aromatic carbocycles. The van der Waals surface area contributed by atoms with Crippen molar-refractivity contribution in [2.75, 3.05) is 52.5 Å². The molecule has 0 aliphatic carbocycles. The van der Waals surface area contributed by atoms with E-state index in [1.165, 1.54) is 6.07 Å². The van der Waals surface area contributed by atoms with E-state index in [1.54, 1.807) is 18.2 Å². The molecule has 0 aliphatic heterocycles. The molecular formula is C20H32N2O4. The smallest absolute Gasteiger partial charge is 0.338 e. The average Bonchev–Trinajstić information content (AvgIpc) is 2.68. The Morgan fingerprint density at radius 2 is 1.15 bits per heavy atom. The van der Waals surface area contributed by atoms with Crippen molar-refractivity contribution in [3.8, 4) is 0 Å². The number of ether oxygens (including phenoxy) is 2. The summed E-state index contributed by atoms with van der Waals surface area (Å²) in [6.45, 7) is 14.0. The molecule has 0 bridgehead atoms. The van der Waals surface area contributed by atoms with Gasteiger partial charge in [0.25, 0.3) is 0 Å². The van der Waals surface area contributed by atoms with Gasteiger partial charge in [0.05, 0.1) is 11.1 Å². The average molecular weight is 364 g/mol. The van der Waals surface area contributed by atoms with Crippen LogP contribution in [0.15, 0.2) is 24.3 Å². The van der Waals surface area contributed by atoms with Crippen LogP contribution in [0.25, 0.3) is 0 Å². The number of rotatable bonds is 12. The van der Waals surface area contributed by atoms with Crippen molar-refractivity contribution < 1.29 is 19.1 Å². The van der Waals surface area contributed by atoms with Crippen LogP contribution in [0, 0.1) is 0 Å². The molecule has 0 heterocycles. The highest BCUT2D eigenvalue weighted by Gasteiger charge is 2.13. The van der Waals surface area contributed by atoms with Crippen LogP contribution in [0.3, 0.4) is 0 Å². The fourth-order valence-electron chi connectivity index (χ4n) is 2.55. The van der Waals surface area contributed by atoms with Gasteiger partial charge in [-0.2, -0.15) is 0 Å². The molecule has 0 amide bonds. The monoisotopic (exact) mass is 364 g/mol. The molecule has 1 aromatic rings. The number of likely N-dealkylation sites (N-methyl/N-ethyl adjacent to an activating group) is 2. The second kappa shape index (κ2) is 12.4. The summed E-state index contributed by atoms with van der Waals surface area (Å²) >= 11 is 0. The maximum atomic E-state index is 12.2. The molecule has 0 atom stereocenters. The van der Waals surface area contributed by atoms with Crippen molar-refractivity contribution in [3.63, 3.8) is 0 Å². The number of carbonyl (C=O) groups is 2. The fraction of sp³-hybridized carbons (Fsp3) is 0.600. The topological polar surface area (TPSA) is 59.1 Å². The van der Waals surface area contributed by atoms with Crippen molar-refractivity contribution in [3.05, 3.63) is 35.4 Å². The molecule has 26 heavy (non-hydrogen) atoms. The third-order valence-corrected chi connectivity index (χ3v) is 4.40. The first kappa shape index (κ1) is 22.1. The fourth-order valence-corrected chi connectivity index (χ4v) is 2.55. The van der Waals surface area contributed by atoms with Crippen LogP contribution in [0.2, 0.25) is 0 Å². The Morgan fingerprint density at radius 3 is 1.50 bits per heavy atom. The van der Waals surface area contributed by atoms with Crippen molar-refractivity contribution >= 4 is 11.9 Å². The highest BCUT2D eigenvalue weighted by atomic mass is 16.5. The summed E-state index contributed by atoms with van der Waals surface area (Å²) in [6.07, 6.45) is 0. The maximum Gasteiger partial charge on any atom is 0.338 e. The van der Waals surface area contributed by atoms with Gasteiger partial charge in [0, 0.05) is 13.1 Å². The van der Waals surface area contributed by atoms with Crippen LogP contribution in [0.5, 0.6) is 0 Å². The second-order valence-electron chi connectivity index (χ2n) is 5.91. The minimum absolute atomic E-state index is 0.332. The summed E-state index contributed by atoms with van der Waals surface area (Å²) in [7, 11) is 0. The molecular weight excluding hydrogens is 332 g/mol. The molecule has 0 N–H and O–H groups in total. The number of hydrogen-bond acceptors (Lipinski definition) is 6. The van der Waals surface area contributed by atoms with Crippen LogP contribution in [0.4, 0.5) is 0 Å². The quantitative estimate of drug-likeness (QED) is 0.532. The standard InChI is InChI=1S/C20H32N2O4/c1-5-21(6-2)12-14-25-19(23)17-10-9-11-18(16-17)20(24)26-15-13-22(7-3)8-4/h9-11,16H,5-8,12-15H2,1-4H3. The van der Waals surface area contributed by atoms with Gasteiger partial charge in [-0.25, -0.2) is 9.59 Å². The first-order chi connectivity index (χ1) is 12.5. The summed E-state index contributed by atoms with van der Waals surface area (Å²) in [5.41, 5.74) is 0.727. The van der Waals surface area contributed by atoms with Crippen molar-refractivity contribution in [1.29, 1.82) is 0 Å². The van der Waals surface area contributed by atoms with Crippen molar-refractivity contribution in [1.82, 2.24) is 9.80 Å². The molecule has 6 nitrogen and oxygen atoms in total. The molecule has 6 heteroatoms. The molecule has 0 saturated heterocycles. The summed E-state index contributed by atoms with van der Waals surface area (Å²) in [6, 6.07) is 6.49. The summed E-state index contributed by atoms with van der Waals surface area (Å²) < 4.78 is 10.6. The number of hydrogen-bond donors (Lipinski definition) is 0. The van der Waals surface area contributed by atoms with Gasteiger partial charge in [0.2, 0.25) is 0 Å². The predicted molar refractivity (Wildman–Crippen MR) is 103 cm³/mol. The molecule has 146 valence electrons. The SMILES string of the molecule is CCN(CC)CCOC(=O)c1cccc(C(=O)OCCN(CC)CC)c1. The number of esters is 2. The lowest BCUT2D eigenvalue weighted by Crippen LogP contribution is -2.28. The molecule has 0 aliphatic rings. The molecule has 0 spiro atoms. The minimum Gasteiger partial charge on any atom is -0.461 e. The lowest BCUT2D eigenvalue weighted by Gasteiger charge is -2.18. The van der Waals surface area contributed by atoms with E-state index in [0.717, 1.165) is 26.2 Å². The van der Waals surface area contributed by atoms with E-state index >= 15 is 0 Å². The Morgan fingerprint density at radius 1 is 0.769 bits per heavy atom. The summed E-state index contributed by atoms with van der Waals surface area (Å²) in [4.78, 5) is 28.7. The molecule has 0 unspecified atom stereocenters. The maximum absolute atomic E-state index is 12.2. The number of benzene rings is 1. The number of carbonyl (C=O) groups excluding carboxylic acids is 2. The van der Waals surface area contributed by atoms with Crippen molar-refractivity contribution in [2.45, 2.75) is 27.7 Å². The zero-order chi connectivity index (χ0) is 19.4. The molecule has 0 radical (unpaired) electrons. The van der Waals surface area contributed by atoms with Gasteiger partial charge in [-0.1, -0.05) is 33.8 Å². The first-order valence-corrected chi connectivity index (χ1v) is 9.44.